The molecule has 144 valence electrons. The van der Waals surface area contributed by atoms with Gasteiger partial charge in [0.05, 0.1) is 10.5 Å². The molecule has 2 fully saturated rings. The molecule has 0 aromatic heterocycles. The van der Waals surface area contributed by atoms with Crippen LogP contribution < -0.4 is 4.72 Å². The highest BCUT2D eigenvalue weighted by molar-refractivity contribution is 7.89. The van der Waals surface area contributed by atoms with Crippen LogP contribution in [0.5, 0.6) is 0 Å². The zero-order valence-electron chi connectivity index (χ0n) is 14.4. The number of carbonyl (C=O) groups is 1. The molecule has 3 aliphatic rings. The third-order valence-corrected chi connectivity index (χ3v) is 7.30. The summed E-state index contributed by atoms with van der Waals surface area (Å²) in [6.07, 6.45) is 2.15. The first-order valence-corrected chi connectivity index (χ1v) is 9.99. The summed E-state index contributed by atoms with van der Waals surface area (Å²) in [6, 6.07) is 5.06. The number of hydrogen-bond acceptors (Lipinski definition) is 7. The lowest BCUT2D eigenvalue weighted by Gasteiger charge is -2.40. The molecule has 0 amide bonds. The number of nitro groups is 1. The van der Waals surface area contributed by atoms with Gasteiger partial charge in [0.2, 0.25) is 10.0 Å². The molecule has 1 aromatic carbocycles. The van der Waals surface area contributed by atoms with E-state index in [2.05, 4.69) is 4.72 Å². The number of sulfonamides is 1. The molecule has 9 nitrogen and oxygen atoms in total. The fraction of sp³-hybridized carbons (Fsp3) is 0.471. The maximum absolute atomic E-state index is 12.9. The Kier molecular flexibility index (Phi) is 3.75. The summed E-state index contributed by atoms with van der Waals surface area (Å²) in [7, 11) is -4.25. The van der Waals surface area contributed by atoms with Gasteiger partial charge in [0.25, 0.3) is 5.69 Å². The first-order chi connectivity index (χ1) is 12.6. The summed E-state index contributed by atoms with van der Waals surface area (Å²) in [5.74, 6) is -0.990. The second-order valence-electron chi connectivity index (χ2n) is 7.50. The van der Waals surface area contributed by atoms with Crippen molar-refractivity contribution in [1.29, 1.82) is 0 Å². The van der Waals surface area contributed by atoms with Gasteiger partial charge >= 0.3 is 5.97 Å². The van der Waals surface area contributed by atoms with Gasteiger partial charge in [-0.2, -0.15) is 0 Å². The summed E-state index contributed by atoms with van der Waals surface area (Å²) in [6.45, 7) is 1.59. The second kappa shape index (κ2) is 5.60. The van der Waals surface area contributed by atoms with E-state index >= 15 is 0 Å². The molecule has 2 N–H and O–H groups in total. The SMILES string of the molecule is C[C@]1(NS(=O)(=O)c2ccccc2[N+](=O)[O-])C=C2C(=O)O[C@@H]3CCC(C1)[C@]23O. The minimum atomic E-state index is -4.25. The number of nitrogens with zero attached hydrogens (tertiary/aromatic N) is 1. The van der Waals surface area contributed by atoms with Crippen LogP contribution in [0.4, 0.5) is 5.69 Å². The fourth-order valence-electron chi connectivity index (χ4n) is 4.54. The summed E-state index contributed by atoms with van der Waals surface area (Å²) in [5.41, 5.74) is -3.04. The molecule has 10 heteroatoms. The first-order valence-electron chi connectivity index (χ1n) is 8.51. The Morgan fingerprint density at radius 1 is 1.33 bits per heavy atom. The van der Waals surface area contributed by atoms with Gasteiger partial charge in [0.15, 0.2) is 4.90 Å². The van der Waals surface area contributed by atoms with E-state index in [9.17, 15) is 28.4 Å². The molecule has 1 aliphatic heterocycles. The maximum Gasteiger partial charge on any atom is 0.337 e. The minimum absolute atomic E-state index is 0.0639. The van der Waals surface area contributed by atoms with Crippen LogP contribution in [0.15, 0.2) is 40.8 Å². The van der Waals surface area contributed by atoms with Gasteiger partial charge < -0.3 is 9.84 Å². The predicted octanol–water partition coefficient (Wildman–Crippen LogP) is 1.03. The molecule has 1 saturated carbocycles. The van der Waals surface area contributed by atoms with Crippen LogP contribution in [0.3, 0.4) is 0 Å². The van der Waals surface area contributed by atoms with Gasteiger partial charge in [-0.05, 0) is 38.2 Å². The lowest BCUT2D eigenvalue weighted by molar-refractivity contribution is -0.387. The van der Waals surface area contributed by atoms with Crippen molar-refractivity contribution in [2.45, 2.75) is 48.3 Å². The molecule has 4 rings (SSSR count). The van der Waals surface area contributed by atoms with Crippen LogP contribution in [-0.4, -0.2) is 41.7 Å². The molecule has 1 heterocycles. The topological polar surface area (TPSA) is 136 Å². The monoisotopic (exact) mass is 394 g/mol. The van der Waals surface area contributed by atoms with Crippen molar-refractivity contribution in [3.63, 3.8) is 0 Å². The van der Waals surface area contributed by atoms with Crippen LogP contribution >= 0.6 is 0 Å². The first kappa shape index (κ1) is 18.1. The number of benzene rings is 1. The van der Waals surface area contributed by atoms with Crippen LogP contribution in [0.1, 0.15) is 26.2 Å². The quantitative estimate of drug-likeness (QED) is 0.442. The van der Waals surface area contributed by atoms with Crippen molar-refractivity contribution in [2.75, 3.05) is 0 Å². The number of carbonyl (C=O) groups excluding carboxylic acids is 1. The Hall–Kier alpha value is -2.30. The molecule has 27 heavy (non-hydrogen) atoms. The zero-order chi connectivity index (χ0) is 19.6. The molecule has 0 spiro atoms. The summed E-state index contributed by atoms with van der Waals surface area (Å²) in [5, 5.41) is 22.2. The molecule has 1 unspecified atom stereocenters. The molecule has 2 aliphatic carbocycles. The van der Waals surface area contributed by atoms with Gasteiger partial charge in [-0.3, -0.25) is 10.1 Å². The van der Waals surface area contributed by atoms with Crippen LogP contribution in [0, 0.1) is 16.0 Å². The number of ether oxygens (including phenoxy) is 1. The second-order valence-corrected chi connectivity index (χ2v) is 9.15. The van der Waals surface area contributed by atoms with Gasteiger partial charge in [0, 0.05) is 11.6 Å². The van der Waals surface area contributed by atoms with Crippen molar-refractivity contribution >= 4 is 21.7 Å². The van der Waals surface area contributed by atoms with Crippen molar-refractivity contribution in [3.8, 4) is 0 Å². The Morgan fingerprint density at radius 3 is 2.74 bits per heavy atom. The summed E-state index contributed by atoms with van der Waals surface area (Å²) < 4.78 is 33.5. The Labute approximate surface area is 155 Å². The largest absolute Gasteiger partial charge is 0.455 e. The third kappa shape index (κ3) is 2.59. The number of aliphatic hydroxyl groups is 1. The number of nitro benzene ring substituents is 1. The predicted molar refractivity (Wildman–Crippen MR) is 92.1 cm³/mol. The van der Waals surface area contributed by atoms with Crippen molar-refractivity contribution in [3.05, 3.63) is 46.0 Å². The van der Waals surface area contributed by atoms with Gasteiger partial charge in [-0.25, -0.2) is 17.9 Å². The van der Waals surface area contributed by atoms with E-state index in [0.29, 0.717) is 12.8 Å². The Bertz CT molecular complexity index is 989. The smallest absolute Gasteiger partial charge is 0.337 e. The Balaban J connectivity index is 1.74. The normalized spacial score (nSPS) is 34.7. The number of esters is 1. The average Bonchev–Trinajstić information content (AvgIpc) is 3.02. The maximum atomic E-state index is 12.9. The summed E-state index contributed by atoms with van der Waals surface area (Å²) >= 11 is 0. The van der Waals surface area contributed by atoms with Gasteiger partial charge in [-0.1, -0.05) is 18.2 Å². The fourth-order valence-corrected chi connectivity index (χ4v) is 6.09. The van der Waals surface area contributed by atoms with E-state index in [1.807, 2.05) is 0 Å². The van der Waals surface area contributed by atoms with E-state index in [0.717, 1.165) is 12.1 Å². The average molecular weight is 394 g/mol. The van der Waals surface area contributed by atoms with E-state index in [4.69, 9.17) is 4.74 Å². The van der Waals surface area contributed by atoms with E-state index in [1.54, 1.807) is 6.92 Å². The number of nitrogens with one attached hydrogen (secondary N) is 1. The van der Waals surface area contributed by atoms with E-state index in [1.165, 1.54) is 18.2 Å². The highest BCUT2D eigenvalue weighted by Gasteiger charge is 2.64. The lowest BCUT2D eigenvalue weighted by atomic mass is 9.71. The standard InChI is InChI=1S/C17H18N2O7S/c1-16(18-27(24,25)13-5-3-2-4-12(13)19(22)23)8-10-6-7-14-17(10,21)11(9-16)15(20)26-14/h2-5,9-10,14,18,21H,6-8H2,1H3/t10?,14-,16-,17+/m1/s1. The molecule has 4 atom stereocenters. The van der Waals surface area contributed by atoms with Crippen LogP contribution in [0.2, 0.25) is 0 Å². The van der Waals surface area contributed by atoms with Crippen molar-refractivity contribution in [1.82, 2.24) is 4.72 Å². The number of hydrogen-bond donors (Lipinski definition) is 2. The van der Waals surface area contributed by atoms with Crippen molar-refractivity contribution in [2.24, 2.45) is 5.92 Å². The summed E-state index contributed by atoms with van der Waals surface area (Å²) in [4.78, 5) is 22.1. The van der Waals surface area contributed by atoms with E-state index in [-0.39, 0.29) is 17.9 Å². The van der Waals surface area contributed by atoms with Crippen LogP contribution in [-0.2, 0) is 19.6 Å². The molecule has 0 radical (unpaired) electrons. The highest BCUT2D eigenvalue weighted by Crippen LogP contribution is 2.54. The molecule has 0 bridgehead atoms. The molecule has 1 saturated heterocycles. The Morgan fingerprint density at radius 2 is 2.04 bits per heavy atom. The van der Waals surface area contributed by atoms with Crippen molar-refractivity contribution < 1.29 is 28.0 Å². The van der Waals surface area contributed by atoms with Gasteiger partial charge in [0.1, 0.15) is 11.7 Å². The van der Waals surface area contributed by atoms with Gasteiger partial charge in [-0.15, -0.1) is 0 Å². The minimum Gasteiger partial charge on any atom is -0.455 e. The lowest BCUT2D eigenvalue weighted by Crippen LogP contribution is -2.54. The van der Waals surface area contributed by atoms with E-state index < -0.39 is 48.7 Å². The zero-order valence-corrected chi connectivity index (χ0v) is 15.2. The molecular weight excluding hydrogens is 376 g/mol. The molecule has 1 aromatic rings. The number of para-hydroxylation sites is 1. The number of rotatable bonds is 4. The third-order valence-electron chi connectivity index (χ3n) is 5.64. The molecular formula is C17H18N2O7S. The van der Waals surface area contributed by atoms with Crippen LogP contribution in [0.25, 0.3) is 0 Å². The highest BCUT2D eigenvalue weighted by atomic mass is 32.2.